The van der Waals surface area contributed by atoms with Gasteiger partial charge >= 0.3 is 0 Å². The van der Waals surface area contributed by atoms with Crippen molar-refractivity contribution < 1.29 is 14.4 Å². The van der Waals surface area contributed by atoms with Crippen LogP contribution in [0.5, 0.6) is 0 Å². The first-order valence-corrected chi connectivity index (χ1v) is 16.6. The van der Waals surface area contributed by atoms with E-state index in [-0.39, 0.29) is 61.0 Å². The van der Waals surface area contributed by atoms with Gasteiger partial charge in [0.1, 0.15) is 5.69 Å². The maximum Gasteiger partial charge on any atom is 0.272 e. The molecule has 3 N–H and O–H groups in total. The number of benzene rings is 4. The third kappa shape index (κ3) is 8.51. The molecule has 0 spiro atoms. The quantitative estimate of drug-likeness (QED) is 0.164. The second-order valence-corrected chi connectivity index (χ2v) is 12.2. The van der Waals surface area contributed by atoms with Crippen molar-refractivity contribution >= 4 is 53.3 Å². The van der Waals surface area contributed by atoms with Crippen LogP contribution in [0.2, 0.25) is 0 Å². The van der Waals surface area contributed by atoms with Crippen molar-refractivity contribution in [1.82, 2.24) is 20.1 Å². The molecule has 1 unspecified atom stereocenters. The van der Waals surface area contributed by atoms with Gasteiger partial charge in [0.05, 0.1) is 12.5 Å². The summed E-state index contributed by atoms with van der Waals surface area (Å²) in [5, 5.41) is 5.06. The first-order chi connectivity index (χ1) is 23.4. The average Bonchev–Trinajstić information content (AvgIpc) is 3.14. The number of fused-ring (bicyclic) bond motifs is 1. The minimum Gasteiger partial charge on any atom is -0.351 e. The lowest BCUT2D eigenvalue weighted by atomic mass is 9.93. The maximum atomic E-state index is 14.5. The zero-order valence-corrected chi connectivity index (χ0v) is 29.7. The number of hydrogen-bond acceptors (Lipinski definition) is 5. The van der Waals surface area contributed by atoms with E-state index in [1.807, 2.05) is 82.6 Å². The number of rotatable bonds is 10. The standard InChI is InChI=1S/C40H41N5O3.2ClH/c1-28(30-12-9-13-31(26-30)35-16-4-5-17-36(35)39(47)43-23-21-41)45(38(46)27-32-14-8-11-29-10-2-3-15-34(29)32)33-19-24-44(25-20-33)40(48)37-18-6-7-22-42-37;;/h2-18,22,26,28,33H,19-21,23-25,27,41H2,1H3,(H,43,47);2*1H. The molecular formula is C40H43Cl2N5O3. The first-order valence-electron chi connectivity index (χ1n) is 16.6. The summed E-state index contributed by atoms with van der Waals surface area (Å²) in [6.07, 6.45) is 3.22. The second kappa shape index (κ2) is 17.8. The fourth-order valence-electron chi connectivity index (χ4n) is 6.78. The van der Waals surface area contributed by atoms with Gasteiger partial charge in [-0.2, -0.15) is 0 Å². The van der Waals surface area contributed by atoms with Gasteiger partial charge < -0.3 is 20.9 Å². The summed E-state index contributed by atoms with van der Waals surface area (Å²) < 4.78 is 0. The molecule has 5 aromatic rings. The number of carbonyl (C=O) groups is 3. The number of likely N-dealkylation sites (tertiary alicyclic amines) is 1. The summed E-state index contributed by atoms with van der Waals surface area (Å²) in [4.78, 5) is 48.8. The highest BCUT2D eigenvalue weighted by Gasteiger charge is 2.34. The third-order valence-corrected chi connectivity index (χ3v) is 9.24. The number of nitrogens with zero attached hydrogens (tertiary/aromatic N) is 3. The van der Waals surface area contributed by atoms with E-state index in [1.54, 1.807) is 18.3 Å². The van der Waals surface area contributed by atoms with Crippen LogP contribution in [0.3, 0.4) is 0 Å². The zero-order chi connectivity index (χ0) is 33.5. The summed E-state index contributed by atoms with van der Waals surface area (Å²) in [6, 6.07) is 34.9. The number of aromatic nitrogens is 1. The highest BCUT2D eigenvalue weighted by molar-refractivity contribution is 6.01. The summed E-state index contributed by atoms with van der Waals surface area (Å²) in [7, 11) is 0. The molecule has 1 fully saturated rings. The highest BCUT2D eigenvalue weighted by Crippen LogP contribution is 2.33. The number of carbonyl (C=O) groups excluding carboxylic acids is 3. The van der Waals surface area contributed by atoms with Crippen molar-refractivity contribution in [3.63, 3.8) is 0 Å². The van der Waals surface area contributed by atoms with Crippen LogP contribution in [0.1, 0.15) is 57.8 Å². The van der Waals surface area contributed by atoms with Crippen LogP contribution in [0.4, 0.5) is 0 Å². The van der Waals surface area contributed by atoms with Gasteiger partial charge in [-0.1, -0.05) is 84.9 Å². The van der Waals surface area contributed by atoms with Crippen LogP contribution >= 0.6 is 24.8 Å². The van der Waals surface area contributed by atoms with Gasteiger partial charge in [-0.15, -0.1) is 24.8 Å². The molecule has 6 rings (SSSR count). The van der Waals surface area contributed by atoms with E-state index in [0.29, 0.717) is 50.3 Å². The number of amides is 3. The van der Waals surface area contributed by atoms with E-state index in [2.05, 4.69) is 41.5 Å². The van der Waals surface area contributed by atoms with Crippen molar-refractivity contribution in [2.24, 2.45) is 5.73 Å². The van der Waals surface area contributed by atoms with Crippen LogP contribution < -0.4 is 11.1 Å². The van der Waals surface area contributed by atoms with E-state index in [0.717, 1.165) is 33.0 Å². The van der Waals surface area contributed by atoms with Gasteiger partial charge in [-0.3, -0.25) is 19.4 Å². The van der Waals surface area contributed by atoms with Crippen molar-refractivity contribution in [2.75, 3.05) is 26.2 Å². The SMILES string of the molecule is CC(c1cccc(-c2ccccc2C(=O)NCCN)c1)N(C(=O)Cc1cccc2ccccc12)C1CCN(C(=O)c2ccccn2)CC1.Cl.Cl. The Balaban J connectivity index is 0.00000281. The van der Waals surface area contributed by atoms with Gasteiger partial charge in [0.2, 0.25) is 5.91 Å². The van der Waals surface area contributed by atoms with Gasteiger partial charge in [-0.25, -0.2) is 0 Å². The molecule has 50 heavy (non-hydrogen) atoms. The molecule has 0 aliphatic carbocycles. The lowest BCUT2D eigenvalue weighted by Crippen LogP contribution is -2.50. The Morgan fingerprint density at radius 3 is 2.34 bits per heavy atom. The Bertz CT molecular complexity index is 1910. The van der Waals surface area contributed by atoms with Crippen molar-refractivity contribution in [1.29, 1.82) is 0 Å². The Hall–Kier alpha value is -4.76. The maximum absolute atomic E-state index is 14.5. The molecule has 1 saturated heterocycles. The fraction of sp³-hybridized carbons (Fsp3) is 0.250. The summed E-state index contributed by atoms with van der Waals surface area (Å²) in [5.41, 5.74) is 10.3. The van der Waals surface area contributed by atoms with Gasteiger partial charge in [-0.05, 0) is 77.1 Å². The number of piperidine rings is 1. The average molecular weight is 713 g/mol. The molecule has 2 heterocycles. The number of nitrogens with one attached hydrogen (secondary N) is 1. The largest absolute Gasteiger partial charge is 0.351 e. The monoisotopic (exact) mass is 711 g/mol. The molecule has 0 bridgehead atoms. The summed E-state index contributed by atoms with van der Waals surface area (Å²) in [6.45, 7) is 3.90. The number of hydrogen-bond donors (Lipinski definition) is 2. The minimum atomic E-state index is -0.256. The Morgan fingerprint density at radius 1 is 0.880 bits per heavy atom. The Morgan fingerprint density at radius 2 is 1.58 bits per heavy atom. The van der Waals surface area contributed by atoms with Crippen LogP contribution in [0, 0.1) is 0 Å². The minimum absolute atomic E-state index is 0. The van der Waals surface area contributed by atoms with Crippen molar-refractivity contribution in [3.05, 3.63) is 138 Å². The normalized spacial score (nSPS) is 13.4. The molecular weight excluding hydrogens is 669 g/mol. The lowest BCUT2D eigenvalue weighted by Gasteiger charge is -2.42. The molecule has 4 aromatic carbocycles. The van der Waals surface area contributed by atoms with E-state index < -0.39 is 0 Å². The summed E-state index contributed by atoms with van der Waals surface area (Å²) in [5.74, 6) is -0.216. The Labute approximate surface area is 305 Å². The number of pyridine rings is 1. The van der Waals surface area contributed by atoms with Crippen LogP contribution in [-0.4, -0.2) is 64.7 Å². The molecule has 1 aromatic heterocycles. The Kier molecular flexibility index (Phi) is 13.5. The summed E-state index contributed by atoms with van der Waals surface area (Å²) >= 11 is 0. The molecule has 1 atom stereocenters. The molecule has 10 heteroatoms. The zero-order valence-electron chi connectivity index (χ0n) is 28.0. The van der Waals surface area contributed by atoms with E-state index in [9.17, 15) is 14.4 Å². The van der Waals surface area contributed by atoms with E-state index in [1.165, 1.54) is 0 Å². The van der Waals surface area contributed by atoms with Gasteiger partial charge in [0.25, 0.3) is 11.8 Å². The van der Waals surface area contributed by atoms with Crippen molar-refractivity contribution in [2.45, 2.75) is 38.3 Å². The van der Waals surface area contributed by atoms with Crippen LogP contribution in [0.25, 0.3) is 21.9 Å². The topological polar surface area (TPSA) is 109 Å². The number of halogens is 2. The predicted octanol–water partition coefficient (Wildman–Crippen LogP) is 6.87. The smallest absolute Gasteiger partial charge is 0.272 e. The highest BCUT2D eigenvalue weighted by atomic mass is 35.5. The molecule has 260 valence electrons. The molecule has 1 aliphatic heterocycles. The lowest BCUT2D eigenvalue weighted by molar-refractivity contribution is -0.136. The van der Waals surface area contributed by atoms with Gasteiger partial charge in [0.15, 0.2) is 0 Å². The molecule has 3 amide bonds. The second-order valence-electron chi connectivity index (χ2n) is 12.2. The number of nitrogens with two attached hydrogens (primary N) is 1. The van der Waals surface area contributed by atoms with Gasteiger partial charge in [0, 0.05) is 44.0 Å². The van der Waals surface area contributed by atoms with E-state index in [4.69, 9.17) is 5.73 Å². The first kappa shape index (κ1) is 38.0. The molecule has 8 nitrogen and oxygen atoms in total. The fourth-order valence-corrected chi connectivity index (χ4v) is 6.78. The predicted molar refractivity (Wildman–Crippen MR) is 204 cm³/mol. The molecule has 0 radical (unpaired) electrons. The van der Waals surface area contributed by atoms with E-state index >= 15 is 0 Å². The van der Waals surface area contributed by atoms with Crippen LogP contribution in [0.15, 0.2) is 115 Å². The third-order valence-electron chi connectivity index (χ3n) is 9.24. The molecule has 1 aliphatic rings. The molecule has 0 saturated carbocycles. The van der Waals surface area contributed by atoms with Crippen LogP contribution in [-0.2, 0) is 11.2 Å². The van der Waals surface area contributed by atoms with Crippen molar-refractivity contribution in [3.8, 4) is 11.1 Å².